The van der Waals surface area contributed by atoms with Gasteiger partial charge in [0.1, 0.15) is 6.04 Å². The van der Waals surface area contributed by atoms with Gasteiger partial charge in [0.05, 0.1) is 17.5 Å². The van der Waals surface area contributed by atoms with Crippen molar-refractivity contribution in [2.45, 2.75) is 64.3 Å². The molecule has 5 fully saturated rings. The van der Waals surface area contributed by atoms with Crippen LogP contribution in [0.4, 0.5) is 11.4 Å². The highest BCUT2D eigenvalue weighted by atomic mass is 16.2. The van der Waals surface area contributed by atoms with Crippen molar-refractivity contribution >= 4 is 35.0 Å². The van der Waals surface area contributed by atoms with Gasteiger partial charge in [-0.05, 0) is 92.5 Å². The van der Waals surface area contributed by atoms with E-state index < -0.39 is 6.04 Å². The highest BCUT2D eigenvalue weighted by Crippen LogP contribution is 2.60. The van der Waals surface area contributed by atoms with Crippen molar-refractivity contribution in [3.8, 4) is 0 Å². The summed E-state index contributed by atoms with van der Waals surface area (Å²) in [5.41, 5.74) is 1.78. The van der Waals surface area contributed by atoms with Crippen molar-refractivity contribution in [1.29, 1.82) is 0 Å². The van der Waals surface area contributed by atoms with Crippen molar-refractivity contribution in [2.75, 3.05) is 16.8 Å². The highest BCUT2D eigenvalue weighted by molar-refractivity contribution is 6.23. The third kappa shape index (κ3) is 4.52. The molecular weight excluding hydrogens is 478 g/mol. The summed E-state index contributed by atoms with van der Waals surface area (Å²) in [5.74, 6) is 1.09. The second-order valence-corrected chi connectivity index (χ2v) is 11.9. The molecule has 4 amide bonds. The molecule has 1 N–H and O–H groups in total. The molecule has 5 aliphatic rings. The molecule has 4 aliphatic carbocycles. The average molecular weight is 514 g/mol. The molecule has 7 nitrogen and oxygen atoms in total. The summed E-state index contributed by atoms with van der Waals surface area (Å²) < 4.78 is 0. The maximum absolute atomic E-state index is 14.5. The van der Waals surface area contributed by atoms with E-state index in [1.54, 1.807) is 29.2 Å². The van der Waals surface area contributed by atoms with Crippen LogP contribution in [0, 0.1) is 23.2 Å². The molecule has 38 heavy (non-hydrogen) atoms. The number of rotatable bonds is 7. The zero-order chi connectivity index (χ0) is 26.4. The van der Waals surface area contributed by atoms with E-state index in [0.29, 0.717) is 42.1 Å². The monoisotopic (exact) mass is 513 g/mol. The molecule has 1 aliphatic heterocycles. The second kappa shape index (κ2) is 9.68. The molecule has 4 bridgehead atoms. The minimum Gasteiger partial charge on any atom is -0.329 e. The second-order valence-electron chi connectivity index (χ2n) is 11.9. The van der Waals surface area contributed by atoms with Gasteiger partial charge >= 0.3 is 0 Å². The molecule has 0 aromatic heterocycles. The molecule has 1 heterocycles. The van der Waals surface area contributed by atoms with Gasteiger partial charge in [0.2, 0.25) is 17.7 Å². The van der Waals surface area contributed by atoms with E-state index in [1.807, 2.05) is 30.3 Å². The number of anilines is 2. The number of nitrogens with zero attached hydrogens (tertiary/aromatic N) is 2. The fraction of sp³-hybridized carbons (Fsp3) is 0.484. The summed E-state index contributed by atoms with van der Waals surface area (Å²) in [6, 6.07) is 15.9. The zero-order valence-electron chi connectivity index (χ0n) is 21.9. The quantitative estimate of drug-likeness (QED) is 0.550. The van der Waals surface area contributed by atoms with E-state index in [1.165, 1.54) is 31.1 Å². The number of imide groups is 1. The average Bonchev–Trinajstić information content (AvgIpc) is 3.17. The molecule has 1 unspecified atom stereocenters. The van der Waals surface area contributed by atoms with Crippen LogP contribution in [0.5, 0.6) is 0 Å². The van der Waals surface area contributed by atoms with Gasteiger partial charge in [0.15, 0.2) is 0 Å². The minimum atomic E-state index is -0.790. The lowest BCUT2D eigenvalue weighted by Gasteiger charge is -2.57. The summed E-state index contributed by atoms with van der Waals surface area (Å²) in [6.45, 7) is 1.85. The molecule has 7 heteroatoms. The standard InChI is InChI=1S/C31H35N3O4/c1-20(35)32-25-7-9-26(10-8-25)34-28(36)16-27(29(34)37)33(12-11-21-5-3-2-4-6-21)30(38)31-17-22-13-23(18-31)15-24(14-22)19-31/h2-10,22-24,27H,11-19H2,1H3,(H,32,35). The lowest BCUT2D eigenvalue weighted by molar-refractivity contribution is -0.161. The van der Waals surface area contributed by atoms with Gasteiger partial charge in [-0.15, -0.1) is 0 Å². The van der Waals surface area contributed by atoms with Crippen LogP contribution in [0.15, 0.2) is 54.6 Å². The molecule has 7 rings (SSSR count). The first-order valence-corrected chi connectivity index (χ1v) is 13.9. The molecule has 4 saturated carbocycles. The van der Waals surface area contributed by atoms with E-state index in [0.717, 1.165) is 24.8 Å². The number of hydrogen-bond acceptors (Lipinski definition) is 4. The predicted molar refractivity (Wildman–Crippen MR) is 144 cm³/mol. The van der Waals surface area contributed by atoms with Crippen molar-refractivity contribution in [2.24, 2.45) is 23.2 Å². The van der Waals surface area contributed by atoms with E-state index >= 15 is 0 Å². The fourth-order valence-corrected chi connectivity index (χ4v) is 8.00. The van der Waals surface area contributed by atoms with Crippen molar-refractivity contribution in [3.63, 3.8) is 0 Å². The maximum Gasteiger partial charge on any atom is 0.257 e. The lowest BCUT2D eigenvalue weighted by atomic mass is 9.49. The molecule has 2 aromatic rings. The molecule has 2 aromatic carbocycles. The van der Waals surface area contributed by atoms with Crippen molar-refractivity contribution < 1.29 is 19.2 Å². The van der Waals surface area contributed by atoms with Crippen LogP contribution in [0.1, 0.15) is 57.4 Å². The Balaban J connectivity index is 1.27. The molecule has 0 radical (unpaired) electrons. The van der Waals surface area contributed by atoms with Crippen LogP contribution in [0.2, 0.25) is 0 Å². The largest absolute Gasteiger partial charge is 0.329 e. The summed E-state index contributed by atoms with van der Waals surface area (Å²) >= 11 is 0. The van der Waals surface area contributed by atoms with E-state index in [2.05, 4.69) is 5.32 Å². The Morgan fingerprint density at radius 2 is 1.53 bits per heavy atom. The van der Waals surface area contributed by atoms with Crippen molar-refractivity contribution in [1.82, 2.24) is 4.90 Å². The summed E-state index contributed by atoms with van der Waals surface area (Å²) in [7, 11) is 0. The Morgan fingerprint density at radius 1 is 0.921 bits per heavy atom. The first-order chi connectivity index (χ1) is 18.3. The van der Waals surface area contributed by atoms with Crippen LogP contribution < -0.4 is 10.2 Å². The Kier molecular flexibility index (Phi) is 6.33. The maximum atomic E-state index is 14.5. The van der Waals surface area contributed by atoms with Crippen molar-refractivity contribution in [3.05, 3.63) is 60.2 Å². The summed E-state index contributed by atoms with van der Waals surface area (Å²) in [6.07, 6.45) is 7.11. The first kappa shape index (κ1) is 24.8. The number of hydrogen-bond donors (Lipinski definition) is 1. The van der Waals surface area contributed by atoms with Gasteiger partial charge in [-0.3, -0.25) is 19.2 Å². The predicted octanol–water partition coefficient (Wildman–Crippen LogP) is 4.56. The Labute approximate surface area is 223 Å². The van der Waals surface area contributed by atoms with Crippen LogP contribution in [0.25, 0.3) is 0 Å². The number of carbonyl (C=O) groups excluding carboxylic acids is 4. The van der Waals surface area contributed by atoms with Gasteiger partial charge in [-0.2, -0.15) is 0 Å². The highest BCUT2D eigenvalue weighted by Gasteiger charge is 2.57. The molecule has 0 spiro atoms. The normalized spacial score (nSPS) is 29.6. The van der Waals surface area contributed by atoms with Gasteiger partial charge in [0.25, 0.3) is 5.91 Å². The topological polar surface area (TPSA) is 86.8 Å². The van der Waals surface area contributed by atoms with Crippen LogP contribution in [-0.4, -0.2) is 41.1 Å². The fourth-order valence-electron chi connectivity index (χ4n) is 8.00. The number of nitrogens with one attached hydrogen (secondary N) is 1. The number of carbonyl (C=O) groups is 4. The number of amides is 4. The van der Waals surface area contributed by atoms with Crippen LogP contribution in [-0.2, 0) is 25.6 Å². The number of benzene rings is 2. The molecular formula is C31H35N3O4. The summed E-state index contributed by atoms with van der Waals surface area (Å²) in [4.78, 5) is 55.8. The van der Waals surface area contributed by atoms with E-state index in [4.69, 9.17) is 0 Å². The Bertz CT molecular complexity index is 1220. The molecule has 198 valence electrons. The molecule has 1 atom stereocenters. The lowest BCUT2D eigenvalue weighted by Crippen LogP contribution is -2.58. The van der Waals surface area contributed by atoms with E-state index in [-0.39, 0.29) is 35.5 Å². The Hall–Kier alpha value is -3.48. The van der Waals surface area contributed by atoms with E-state index in [9.17, 15) is 19.2 Å². The van der Waals surface area contributed by atoms with Crippen LogP contribution in [0.3, 0.4) is 0 Å². The van der Waals surface area contributed by atoms with Gasteiger partial charge in [0, 0.05) is 19.2 Å². The molecule has 1 saturated heterocycles. The third-order valence-corrected chi connectivity index (χ3v) is 9.18. The van der Waals surface area contributed by atoms with Gasteiger partial charge < -0.3 is 10.2 Å². The van der Waals surface area contributed by atoms with Crippen LogP contribution >= 0.6 is 0 Å². The van der Waals surface area contributed by atoms with Gasteiger partial charge in [-0.1, -0.05) is 30.3 Å². The smallest absolute Gasteiger partial charge is 0.257 e. The first-order valence-electron chi connectivity index (χ1n) is 13.9. The Morgan fingerprint density at radius 3 is 2.11 bits per heavy atom. The SMILES string of the molecule is CC(=O)Nc1ccc(N2C(=O)CC(N(CCc3ccccc3)C(=O)C34CC5CC(CC(C5)C3)C4)C2=O)cc1. The van der Waals surface area contributed by atoms with Gasteiger partial charge in [-0.25, -0.2) is 4.90 Å². The summed E-state index contributed by atoms with van der Waals surface area (Å²) in [5, 5.41) is 2.70. The minimum absolute atomic E-state index is 0.000817. The zero-order valence-corrected chi connectivity index (χ0v) is 21.9. The third-order valence-electron chi connectivity index (χ3n) is 9.18.